The molecule has 742 valence electrons. The predicted octanol–water partition coefficient (Wildman–Crippen LogP) is 30.6. The summed E-state index contributed by atoms with van der Waals surface area (Å²) in [5.74, 6) is -0.206. The number of hydrogen-bond acceptors (Lipinski definition) is 8. The van der Waals surface area contributed by atoms with Crippen LogP contribution in [0.1, 0.15) is 193 Å². The van der Waals surface area contributed by atoms with Crippen LogP contribution in [0, 0.1) is 0 Å². The number of unbranched alkanes of at least 4 members (excludes halogenated alkanes) is 3. The van der Waals surface area contributed by atoms with E-state index in [9.17, 15) is 25.7 Å². The van der Waals surface area contributed by atoms with Gasteiger partial charge in [0.25, 0.3) is 10.1 Å². The summed E-state index contributed by atoms with van der Waals surface area (Å²) in [6.07, 6.45) is 44.0. The predicted molar refractivity (Wildman–Crippen MR) is 601 cm³/mol. The zero-order chi connectivity index (χ0) is 101. The third-order valence-corrected chi connectivity index (χ3v) is 28.8. The number of likely N-dealkylation sites (N-methyl/N-ethyl adjacent to an activating group) is 1. The summed E-state index contributed by atoms with van der Waals surface area (Å²) in [6, 6.07) is 79.8. The van der Waals surface area contributed by atoms with Crippen LogP contribution in [0.3, 0.4) is 0 Å². The van der Waals surface area contributed by atoms with E-state index >= 15 is 0 Å². The number of allylic oxidation sites excluding steroid dienone is 20. The molecule has 0 saturated carbocycles. The second-order valence-corrected chi connectivity index (χ2v) is 39.5. The molecule has 0 aromatic heterocycles. The molecule has 10 aromatic carbocycles. The number of anilines is 8. The first-order valence-corrected chi connectivity index (χ1v) is 52.3. The van der Waals surface area contributed by atoms with Crippen molar-refractivity contribution in [2.24, 2.45) is 0 Å². The van der Waals surface area contributed by atoms with E-state index in [4.69, 9.17) is 4.55 Å². The van der Waals surface area contributed by atoms with Gasteiger partial charge in [-0.15, -0.1) is 0 Å². The monoisotopic (exact) mass is 1920 g/mol. The minimum Gasteiger partial charge on any atom is -0.418 e. The normalized spacial score (nSPS) is 15.9. The van der Waals surface area contributed by atoms with Crippen molar-refractivity contribution in [2.75, 3.05) is 114 Å². The van der Waals surface area contributed by atoms with Gasteiger partial charge in [0.2, 0.25) is 28.5 Å². The largest absolute Gasteiger partial charge is 0.673 e. The molecule has 10 aromatic rings. The molecule has 1 aliphatic carbocycles. The van der Waals surface area contributed by atoms with E-state index in [2.05, 4.69) is 501 Å². The molecule has 15 rings (SSSR count). The molecule has 0 spiro atoms. The molecule has 4 heterocycles. The van der Waals surface area contributed by atoms with Gasteiger partial charge in [0, 0.05) is 210 Å². The second-order valence-electron chi connectivity index (χ2n) is 38.0. The first-order chi connectivity index (χ1) is 67.2. The molecule has 0 fully saturated rings. The summed E-state index contributed by atoms with van der Waals surface area (Å²) in [5.41, 5.74) is 27.3. The van der Waals surface area contributed by atoms with Gasteiger partial charge >= 0.3 is 7.25 Å². The molecule has 0 amide bonds. The van der Waals surface area contributed by atoms with E-state index in [0.29, 0.717) is 19.4 Å². The van der Waals surface area contributed by atoms with Gasteiger partial charge in [0.1, 0.15) is 26.2 Å². The molecule has 1 N–H and O–H groups in total. The lowest BCUT2D eigenvalue weighted by atomic mass is 9.79. The average molecular weight is 1930 g/mol. The summed E-state index contributed by atoms with van der Waals surface area (Å²) in [7, 11) is -9.94. The number of para-hydroxylation sites is 2. The molecule has 141 heavy (non-hydrogen) atoms. The van der Waals surface area contributed by atoms with E-state index < -0.39 is 17.4 Å². The lowest BCUT2D eigenvalue weighted by Gasteiger charge is -2.28. The number of nitrogens with zero attached hydrogens (tertiary/aromatic N) is 10. The number of hydrogen-bond donors (Lipinski definition) is 1. The zero-order valence-electron chi connectivity index (χ0n) is 86.1. The van der Waals surface area contributed by atoms with Gasteiger partial charge < -0.3 is 46.7 Å². The first kappa shape index (κ1) is 109. The summed E-state index contributed by atoms with van der Waals surface area (Å²) in [6.45, 7) is 54.5. The minimum absolute atomic E-state index is 0. The van der Waals surface area contributed by atoms with Crippen LogP contribution in [-0.4, -0.2) is 141 Å². The van der Waals surface area contributed by atoms with Gasteiger partial charge in [-0.1, -0.05) is 200 Å². The lowest BCUT2D eigenvalue weighted by Crippen LogP contribution is -2.27. The maximum Gasteiger partial charge on any atom is 0.673 e. The third-order valence-electron chi connectivity index (χ3n) is 28.0. The number of benzene rings is 10. The van der Waals surface area contributed by atoms with Gasteiger partial charge in [0.05, 0.1) is 16.6 Å². The van der Waals surface area contributed by atoms with Crippen LogP contribution in [0.15, 0.2) is 339 Å². The SMILES string of the molecule is C.CCCCC[N+]1=C(C=CC=CC=CC=C2N(CCCCS(=O)(=O)O)c3ccccc3C2(C)C)C(C)(C)c2ccccc21.CCN(CC)c1ccc(N(c2ccc(N(CC)CC)cc2)c2ccc([N+](=C3C=CC(=[N+](CC)CC)C=C3)c3ccc(N(CC)CC)cc3)cc2)cc1.CCN1/C(=C/C=C/C=C/C=C/C2=[N+](CC)c3ccc4ccccc4c3C2(C)C)C(C)(C)c2c1ccc1ccccc21.F[B-](F)(F)F. The third kappa shape index (κ3) is 25.4. The van der Waals surface area contributed by atoms with E-state index in [1.165, 1.54) is 126 Å². The van der Waals surface area contributed by atoms with Crippen LogP contribution in [0.25, 0.3) is 21.5 Å². The van der Waals surface area contributed by atoms with Crippen molar-refractivity contribution >= 4 is 130 Å². The van der Waals surface area contributed by atoms with E-state index in [0.717, 1.165) is 112 Å². The number of fused-ring (bicyclic) bond motifs is 8. The highest BCUT2D eigenvalue weighted by molar-refractivity contribution is 7.85. The number of halogens is 4. The highest BCUT2D eigenvalue weighted by Gasteiger charge is 2.47. The fraction of sp³-hybridized carbons (Fsp3) is 0.344. The van der Waals surface area contributed by atoms with Gasteiger partial charge in [-0.2, -0.15) is 22.1 Å². The van der Waals surface area contributed by atoms with Crippen molar-refractivity contribution in [3.63, 3.8) is 0 Å². The molecule has 0 radical (unpaired) electrons. The topological polar surface area (TPSA) is 85.9 Å². The van der Waals surface area contributed by atoms with Crippen LogP contribution in [-0.2, 0) is 31.8 Å². The fourth-order valence-electron chi connectivity index (χ4n) is 20.8. The summed E-state index contributed by atoms with van der Waals surface area (Å²) in [5, 5.41) is 5.33. The van der Waals surface area contributed by atoms with E-state index in [1.54, 1.807) is 0 Å². The summed E-state index contributed by atoms with van der Waals surface area (Å²) < 4.78 is 80.2. The van der Waals surface area contributed by atoms with Crippen molar-refractivity contribution in [3.05, 3.63) is 361 Å². The highest BCUT2D eigenvalue weighted by Crippen LogP contribution is 2.52. The second kappa shape index (κ2) is 49.1. The first-order valence-electron chi connectivity index (χ1n) is 50.7. The highest BCUT2D eigenvalue weighted by atomic mass is 32.2. The van der Waals surface area contributed by atoms with E-state index in [-0.39, 0.29) is 34.8 Å². The van der Waals surface area contributed by atoms with Gasteiger partial charge in [-0.3, -0.25) is 4.55 Å². The molecule has 0 atom stereocenters. The molecule has 5 aliphatic rings. The van der Waals surface area contributed by atoms with Crippen molar-refractivity contribution in [2.45, 2.75) is 193 Å². The molecular formula is C122H152BF4N10O3S+3. The average Bonchev–Trinajstić information content (AvgIpc) is 1.55. The van der Waals surface area contributed by atoms with Crippen molar-refractivity contribution < 1.29 is 44.0 Å². The van der Waals surface area contributed by atoms with Crippen LogP contribution in [0.2, 0.25) is 0 Å². The van der Waals surface area contributed by atoms with Gasteiger partial charge in [-0.05, 0) is 252 Å². The van der Waals surface area contributed by atoms with Gasteiger partial charge in [-0.25, -0.2) is 4.58 Å². The summed E-state index contributed by atoms with van der Waals surface area (Å²) >= 11 is 0. The Kier molecular flexibility index (Phi) is 37.9. The van der Waals surface area contributed by atoms with Crippen LogP contribution >= 0.6 is 0 Å². The molecular weight excluding hydrogens is 1770 g/mol. The Morgan fingerprint density at radius 1 is 0.397 bits per heavy atom. The van der Waals surface area contributed by atoms with Crippen molar-refractivity contribution in [1.29, 1.82) is 0 Å². The maximum absolute atomic E-state index is 11.2. The lowest BCUT2D eigenvalue weighted by molar-refractivity contribution is -0.519. The van der Waals surface area contributed by atoms with Crippen LogP contribution < -0.4 is 34.0 Å². The molecule has 0 bridgehead atoms. The Labute approximate surface area is 841 Å². The fourth-order valence-corrected chi connectivity index (χ4v) is 21.4. The quantitative estimate of drug-likeness (QED) is 0.00794. The van der Waals surface area contributed by atoms with Crippen molar-refractivity contribution in [3.8, 4) is 0 Å². The standard InChI is InChI=1S/C46H60N6.C39H41N2.C36H46N2O3S.CH4.BF4/c1-9-47(10-2)37-17-25-41(26-18-37)51(42-27-19-38(20-28-42)48(11-3)12-4)45-33-35-46(36-34-45)52(43-29-21-39(22-30-43)49(13-5)14-6)44-31-23-40(24-32-44)50(15-7)16-8;1-7-40-32-26-24-28-18-14-16-20-30(28)36(32)38(3,4)34(40)22-12-10-9-11-13-23-35-39(5,6)37-31-21-17-15-19-29(31)25-27-33(37)41(35)8-2;1-6-7-17-26-37-31-22-15-13-20-29(31)35(2,3)33(37)24-11-9-8-10-12-25-34-36(4,5)30-21-14-16-23-32(30)38(34)27-18-19-28-42(39,40)41;;2-1(3,4)5/h17-36H,9-16H2,1-8H3;9-27H,7-8H2,1-6H3;8-16,20-25H,6-7,17-19,26-28H2,1-5H3;1H4;/q+2;+1;;;-1/p+1. The maximum atomic E-state index is 11.2. The Balaban J connectivity index is 0.000000198. The molecule has 19 heteroatoms. The molecule has 4 aliphatic heterocycles. The summed E-state index contributed by atoms with van der Waals surface area (Å²) in [4.78, 5) is 14.3. The van der Waals surface area contributed by atoms with Crippen LogP contribution in [0.4, 0.5) is 85.5 Å². The molecule has 0 unspecified atom stereocenters. The van der Waals surface area contributed by atoms with Crippen molar-refractivity contribution in [1.82, 2.24) is 4.58 Å². The van der Waals surface area contributed by atoms with Crippen LogP contribution in [0.5, 0.6) is 0 Å². The van der Waals surface area contributed by atoms with Gasteiger partial charge in [0.15, 0.2) is 17.1 Å². The molecule has 13 nitrogen and oxygen atoms in total. The number of rotatable bonds is 35. The molecule has 0 saturated heterocycles. The zero-order valence-corrected chi connectivity index (χ0v) is 87.0. The minimum atomic E-state index is -6.00. The Bertz CT molecular complexity index is 6460. The smallest absolute Gasteiger partial charge is 0.418 e. The Morgan fingerprint density at radius 3 is 1.30 bits per heavy atom. The Hall–Kier alpha value is -12.7. The van der Waals surface area contributed by atoms with E-state index in [1.807, 2.05) is 6.07 Å². The Morgan fingerprint density at radius 2 is 0.816 bits per heavy atom.